The van der Waals surface area contributed by atoms with E-state index in [0.29, 0.717) is 13.0 Å². The maximum Gasteiger partial charge on any atom is 0.410 e. The predicted molar refractivity (Wildman–Crippen MR) is 64.5 cm³/mol. The monoisotopic (exact) mass is 246 g/mol. The van der Waals surface area contributed by atoms with Gasteiger partial charge in [-0.15, -0.1) is 0 Å². The van der Waals surface area contributed by atoms with Gasteiger partial charge in [0.1, 0.15) is 11.3 Å². The summed E-state index contributed by atoms with van der Waals surface area (Å²) in [6.45, 7) is 7.71. The first kappa shape index (κ1) is 14.2. The average molecular weight is 246 g/mol. The number of likely N-dealkylation sites (tertiary alicyclic amines) is 1. The predicted octanol–water partition coefficient (Wildman–Crippen LogP) is 1.93. The van der Waals surface area contributed by atoms with Crippen molar-refractivity contribution < 1.29 is 13.9 Å². The molecule has 0 spiro atoms. The topological polar surface area (TPSA) is 55.6 Å². The lowest BCUT2D eigenvalue weighted by atomic mass is 9.84. The van der Waals surface area contributed by atoms with Gasteiger partial charge in [0.05, 0.1) is 6.54 Å². The Bertz CT molecular complexity index is 291. The molecule has 5 heteroatoms. The highest BCUT2D eigenvalue weighted by molar-refractivity contribution is 5.68. The summed E-state index contributed by atoms with van der Waals surface area (Å²) < 4.78 is 19.6. The van der Waals surface area contributed by atoms with Crippen molar-refractivity contribution in [3.63, 3.8) is 0 Å². The Balaban J connectivity index is 2.66. The van der Waals surface area contributed by atoms with Crippen molar-refractivity contribution >= 4 is 6.09 Å². The summed E-state index contributed by atoms with van der Waals surface area (Å²) in [4.78, 5) is 13.2. The molecule has 2 atom stereocenters. The van der Waals surface area contributed by atoms with Crippen molar-refractivity contribution in [3.8, 4) is 0 Å². The molecule has 0 aromatic rings. The third-order valence-corrected chi connectivity index (χ3v) is 3.16. The van der Waals surface area contributed by atoms with Gasteiger partial charge < -0.3 is 15.4 Å². The Labute approximate surface area is 102 Å². The highest BCUT2D eigenvalue weighted by Gasteiger charge is 2.42. The van der Waals surface area contributed by atoms with E-state index >= 15 is 0 Å². The first-order chi connectivity index (χ1) is 7.68. The van der Waals surface area contributed by atoms with Crippen molar-refractivity contribution in [2.45, 2.75) is 45.4 Å². The number of piperidine rings is 1. The van der Waals surface area contributed by atoms with Crippen LogP contribution in [-0.4, -0.2) is 41.9 Å². The molecule has 4 nitrogen and oxygen atoms in total. The van der Waals surface area contributed by atoms with Crippen molar-refractivity contribution in [2.75, 3.05) is 19.6 Å². The van der Waals surface area contributed by atoms with Gasteiger partial charge in [-0.3, -0.25) is 0 Å². The summed E-state index contributed by atoms with van der Waals surface area (Å²) in [6.07, 6.45) is 0.160. The van der Waals surface area contributed by atoms with E-state index < -0.39 is 17.4 Å². The molecule has 0 saturated carbocycles. The molecular formula is C12H23FN2O2. The number of hydrogen-bond donors (Lipinski definition) is 1. The molecule has 1 saturated heterocycles. The lowest BCUT2D eigenvalue weighted by Gasteiger charge is -2.41. The minimum absolute atomic E-state index is 0.0274. The van der Waals surface area contributed by atoms with Crippen LogP contribution in [0.15, 0.2) is 0 Å². The largest absolute Gasteiger partial charge is 0.444 e. The van der Waals surface area contributed by atoms with Gasteiger partial charge in [-0.25, -0.2) is 9.18 Å². The normalized spacial score (nSPS) is 30.2. The molecule has 0 radical (unpaired) electrons. The van der Waals surface area contributed by atoms with Crippen molar-refractivity contribution in [2.24, 2.45) is 11.7 Å². The molecule has 1 heterocycles. The molecule has 2 N–H and O–H groups in total. The van der Waals surface area contributed by atoms with E-state index in [-0.39, 0.29) is 19.0 Å². The molecule has 0 aliphatic carbocycles. The summed E-state index contributed by atoms with van der Waals surface area (Å²) in [6, 6.07) is 0. The van der Waals surface area contributed by atoms with E-state index in [1.807, 2.05) is 6.92 Å². The zero-order valence-corrected chi connectivity index (χ0v) is 11.1. The molecule has 1 aliphatic heterocycles. The van der Waals surface area contributed by atoms with Crippen LogP contribution in [0.3, 0.4) is 0 Å². The van der Waals surface area contributed by atoms with Gasteiger partial charge in [0.25, 0.3) is 0 Å². The zero-order chi connectivity index (χ0) is 13.3. The maximum absolute atomic E-state index is 14.4. The smallest absolute Gasteiger partial charge is 0.410 e. The summed E-state index contributed by atoms with van der Waals surface area (Å²) >= 11 is 0. The van der Waals surface area contributed by atoms with Crippen LogP contribution in [0.5, 0.6) is 0 Å². The molecular weight excluding hydrogens is 223 g/mol. The second-order valence-corrected chi connectivity index (χ2v) is 5.83. The van der Waals surface area contributed by atoms with Gasteiger partial charge in [-0.05, 0) is 33.1 Å². The lowest BCUT2D eigenvalue weighted by molar-refractivity contribution is -0.0218. The molecule has 1 rings (SSSR count). The van der Waals surface area contributed by atoms with E-state index in [1.54, 1.807) is 20.8 Å². The number of ether oxygens (including phenoxy) is 1. The van der Waals surface area contributed by atoms with Gasteiger partial charge in [0, 0.05) is 13.1 Å². The van der Waals surface area contributed by atoms with Gasteiger partial charge >= 0.3 is 6.09 Å². The van der Waals surface area contributed by atoms with Crippen LogP contribution in [0, 0.1) is 5.92 Å². The second-order valence-electron chi connectivity index (χ2n) is 5.83. The number of halogens is 1. The number of carbonyl (C=O) groups excluding carboxylic acids is 1. The number of carbonyl (C=O) groups is 1. The quantitative estimate of drug-likeness (QED) is 0.769. The van der Waals surface area contributed by atoms with Crippen molar-refractivity contribution in [1.29, 1.82) is 0 Å². The summed E-state index contributed by atoms with van der Waals surface area (Å²) in [5.41, 5.74) is 3.42. The fourth-order valence-electron chi connectivity index (χ4n) is 1.91. The highest BCUT2D eigenvalue weighted by atomic mass is 19.1. The first-order valence-corrected chi connectivity index (χ1v) is 6.05. The molecule has 0 aromatic carbocycles. The summed E-state index contributed by atoms with van der Waals surface area (Å²) in [5, 5.41) is 0. The number of nitrogens with two attached hydrogens (primary N) is 1. The highest BCUT2D eigenvalue weighted by Crippen LogP contribution is 2.30. The SMILES string of the molecule is CC1CCN(C(=O)OC(C)(C)C)CC1(F)CN. The number of alkyl halides is 1. The second kappa shape index (κ2) is 4.80. The van der Waals surface area contributed by atoms with Crippen molar-refractivity contribution in [3.05, 3.63) is 0 Å². The Hall–Kier alpha value is -0.840. The Kier molecular flexibility index (Phi) is 4.02. The third kappa shape index (κ3) is 3.56. The lowest BCUT2D eigenvalue weighted by Crippen LogP contribution is -2.56. The van der Waals surface area contributed by atoms with Crippen LogP contribution < -0.4 is 5.73 Å². The number of nitrogens with zero attached hydrogens (tertiary/aromatic N) is 1. The third-order valence-electron chi connectivity index (χ3n) is 3.16. The van der Waals surface area contributed by atoms with Crippen LogP contribution in [0.4, 0.5) is 9.18 Å². The Morgan fingerprint density at radius 3 is 2.65 bits per heavy atom. The van der Waals surface area contributed by atoms with Crippen LogP contribution >= 0.6 is 0 Å². The fraction of sp³-hybridized carbons (Fsp3) is 0.917. The molecule has 1 aliphatic rings. The van der Waals surface area contributed by atoms with Crippen LogP contribution in [-0.2, 0) is 4.74 Å². The average Bonchev–Trinajstić information content (AvgIpc) is 2.19. The molecule has 100 valence electrons. The zero-order valence-electron chi connectivity index (χ0n) is 11.1. The molecule has 17 heavy (non-hydrogen) atoms. The summed E-state index contributed by atoms with van der Waals surface area (Å²) in [7, 11) is 0. The first-order valence-electron chi connectivity index (χ1n) is 6.05. The van der Waals surface area contributed by atoms with E-state index in [0.717, 1.165) is 0 Å². The molecule has 1 fully saturated rings. The molecule has 0 bridgehead atoms. The number of hydrogen-bond acceptors (Lipinski definition) is 3. The molecule has 2 unspecified atom stereocenters. The van der Waals surface area contributed by atoms with Gasteiger partial charge in [-0.2, -0.15) is 0 Å². The Morgan fingerprint density at radius 1 is 1.59 bits per heavy atom. The molecule has 0 aromatic heterocycles. The van der Waals surface area contributed by atoms with Gasteiger partial charge in [-0.1, -0.05) is 6.92 Å². The minimum Gasteiger partial charge on any atom is -0.444 e. The minimum atomic E-state index is -1.49. The van der Waals surface area contributed by atoms with Gasteiger partial charge in [0.2, 0.25) is 0 Å². The van der Waals surface area contributed by atoms with Crippen LogP contribution in [0.1, 0.15) is 34.1 Å². The fourth-order valence-corrected chi connectivity index (χ4v) is 1.91. The molecule has 1 amide bonds. The van der Waals surface area contributed by atoms with Crippen molar-refractivity contribution in [1.82, 2.24) is 4.90 Å². The standard InChI is InChI=1S/C12H23FN2O2/c1-9-5-6-15(8-12(9,13)7-14)10(16)17-11(2,3)4/h9H,5-8,14H2,1-4H3. The van der Waals surface area contributed by atoms with Crippen LogP contribution in [0.2, 0.25) is 0 Å². The van der Waals surface area contributed by atoms with Crippen LogP contribution in [0.25, 0.3) is 0 Å². The van der Waals surface area contributed by atoms with E-state index in [2.05, 4.69) is 0 Å². The Morgan fingerprint density at radius 2 is 2.18 bits per heavy atom. The van der Waals surface area contributed by atoms with E-state index in [9.17, 15) is 9.18 Å². The number of rotatable bonds is 1. The van der Waals surface area contributed by atoms with E-state index in [4.69, 9.17) is 10.5 Å². The summed E-state index contributed by atoms with van der Waals surface area (Å²) in [5.74, 6) is -0.119. The maximum atomic E-state index is 14.4. The van der Waals surface area contributed by atoms with E-state index in [1.165, 1.54) is 4.90 Å². The number of amides is 1. The van der Waals surface area contributed by atoms with Gasteiger partial charge in [0.15, 0.2) is 0 Å².